The first-order valence-corrected chi connectivity index (χ1v) is 18.1. The van der Waals surface area contributed by atoms with Crippen LogP contribution in [-0.2, 0) is 5.41 Å². The highest BCUT2D eigenvalue weighted by atomic mass is 32.1. The first-order chi connectivity index (χ1) is 23.5. The summed E-state index contributed by atoms with van der Waals surface area (Å²) in [5.41, 5.74) is 11.4. The molecule has 228 valence electrons. The fourth-order valence-electron chi connectivity index (χ4n) is 7.90. The molecule has 3 heteroatoms. The molecule has 0 N–H and O–H groups in total. The quantitative estimate of drug-likeness (QED) is 0.183. The van der Waals surface area contributed by atoms with Crippen LogP contribution in [0.4, 0.5) is 17.1 Å². The van der Waals surface area contributed by atoms with Gasteiger partial charge in [0, 0.05) is 62.8 Å². The molecule has 1 aliphatic rings. The minimum Gasteiger partial charge on any atom is -0.310 e. The van der Waals surface area contributed by atoms with E-state index in [-0.39, 0.29) is 5.41 Å². The maximum atomic E-state index is 2.44. The first-order valence-electron chi connectivity index (χ1n) is 16.5. The Morgan fingerprint density at radius 1 is 0.417 bits per heavy atom. The van der Waals surface area contributed by atoms with Crippen LogP contribution in [0.25, 0.3) is 62.6 Å². The summed E-state index contributed by atoms with van der Waals surface area (Å²) in [6, 6.07) is 56.3. The molecule has 48 heavy (non-hydrogen) atoms. The number of rotatable bonds is 4. The Morgan fingerprint density at radius 2 is 1.00 bits per heavy atom. The van der Waals surface area contributed by atoms with E-state index < -0.39 is 0 Å². The van der Waals surface area contributed by atoms with Crippen LogP contribution >= 0.6 is 22.7 Å². The lowest BCUT2D eigenvalue weighted by molar-refractivity contribution is 0.660. The van der Waals surface area contributed by atoms with E-state index in [1.54, 1.807) is 0 Å². The van der Waals surface area contributed by atoms with Gasteiger partial charge in [0.1, 0.15) is 0 Å². The van der Waals surface area contributed by atoms with Crippen molar-refractivity contribution in [2.24, 2.45) is 0 Å². The van der Waals surface area contributed by atoms with Crippen molar-refractivity contribution in [2.45, 2.75) is 19.3 Å². The van der Waals surface area contributed by atoms with Gasteiger partial charge in [-0.15, -0.1) is 22.7 Å². The maximum absolute atomic E-state index is 2.44. The van der Waals surface area contributed by atoms with Crippen molar-refractivity contribution < 1.29 is 0 Å². The highest BCUT2D eigenvalue weighted by Gasteiger charge is 2.35. The number of benzene rings is 7. The lowest BCUT2D eigenvalue weighted by Crippen LogP contribution is -2.16. The van der Waals surface area contributed by atoms with Crippen LogP contribution < -0.4 is 4.90 Å². The van der Waals surface area contributed by atoms with Gasteiger partial charge in [0.2, 0.25) is 0 Å². The van der Waals surface area contributed by atoms with Crippen molar-refractivity contribution in [3.63, 3.8) is 0 Å². The number of thiophene rings is 2. The van der Waals surface area contributed by atoms with Crippen molar-refractivity contribution in [3.05, 3.63) is 163 Å². The minimum atomic E-state index is -0.0755. The van der Waals surface area contributed by atoms with Gasteiger partial charge < -0.3 is 4.90 Å². The van der Waals surface area contributed by atoms with E-state index in [1.165, 1.54) is 85.1 Å². The second kappa shape index (κ2) is 10.4. The standard InChI is InChI=1S/C45H31NS2/c1-45(2)39-15-6-3-10-33(39)34-24-22-31(27-40(34)45)46(30-23-25-43-38(26-30)36-12-5-7-16-41(36)47-43)29-20-18-28(19-21-29)32-13-9-14-37-35-11-4-8-17-42(35)48-44(32)37/h3-27H,1-2H3. The largest absolute Gasteiger partial charge is 0.310 e. The Morgan fingerprint density at radius 3 is 1.83 bits per heavy atom. The van der Waals surface area contributed by atoms with E-state index in [9.17, 15) is 0 Å². The van der Waals surface area contributed by atoms with Crippen molar-refractivity contribution >= 4 is 80.1 Å². The molecule has 0 atom stereocenters. The molecule has 0 spiro atoms. The number of hydrogen-bond acceptors (Lipinski definition) is 3. The zero-order valence-corrected chi connectivity index (χ0v) is 28.3. The summed E-state index contributed by atoms with van der Waals surface area (Å²) in [5, 5.41) is 5.29. The topological polar surface area (TPSA) is 3.24 Å². The molecular weight excluding hydrogens is 619 g/mol. The Balaban J connectivity index is 1.14. The Bertz CT molecular complexity index is 2710. The minimum absolute atomic E-state index is 0.0755. The molecule has 0 saturated heterocycles. The van der Waals surface area contributed by atoms with Gasteiger partial charge in [-0.1, -0.05) is 111 Å². The molecule has 9 aromatic rings. The molecule has 0 amide bonds. The van der Waals surface area contributed by atoms with Crippen molar-refractivity contribution in [2.75, 3.05) is 4.90 Å². The molecule has 2 heterocycles. The van der Waals surface area contributed by atoms with Gasteiger partial charge in [-0.2, -0.15) is 0 Å². The molecule has 0 unspecified atom stereocenters. The van der Waals surface area contributed by atoms with Gasteiger partial charge in [-0.3, -0.25) is 0 Å². The molecule has 0 bridgehead atoms. The van der Waals surface area contributed by atoms with Crippen LogP contribution in [-0.4, -0.2) is 0 Å². The average Bonchev–Trinajstić information content (AvgIpc) is 3.77. The lowest BCUT2D eigenvalue weighted by atomic mass is 9.82. The number of fused-ring (bicyclic) bond motifs is 9. The zero-order valence-electron chi connectivity index (χ0n) is 26.7. The SMILES string of the molecule is CC1(C)c2ccccc2-c2ccc(N(c3ccc(-c4cccc5c4sc4ccccc45)cc3)c3ccc4sc5ccccc5c4c3)cc21. The molecule has 1 aliphatic carbocycles. The summed E-state index contributed by atoms with van der Waals surface area (Å²) in [7, 11) is 0. The predicted octanol–water partition coefficient (Wildman–Crippen LogP) is 13.9. The molecule has 1 nitrogen and oxygen atoms in total. The Hall–Kier alpha value is -5.22. The molecule has 0 saturated carbocycles. The molecule has 2 aromatic heterocycles. The van der Waals surface area contributed by atoms with Crippen molar-refractivity contribution in [3.8, 4) is 22.3 Å². The smallest absolute Gasteiger partial charge is 0.0468 e. The third kappa shape index (κ3) is 4.08. The summed E-state index contributed by atoms with van der Waals surface area (Å²) in [6.07, 6.45) is 0. The van der Waals surface area contributed by atoms with E-state index in [2.05, 4.69) is 170 Å². The first kappa shape index (κ1) is 27.9. The monoisotopic (exact) mass is 649 g/mol. The van der Waals surface area contributed by atoms with E-state index in [0.717, 1.165) is 5.69 Å². The zero-order chi connectivity index (χ0) is 32.0. The number of anilines is 3. The summed E-state index contributed by atoms with van der Waals surface area (Å²) >= 11 is 3.75. The summed E-state index contributed by atoms with van der Waals surface area (Å²) in [5.74, 6) is 0. The number of hydrogen-bond donors (Lipinski definition) is 0. The average molecular weight is 650 g/mol. The van der Waals surface area contributed by atoms with E-state index in [0.29, 0.717) is 0 Å². The highest BCUT2D eigenvalue weighted by Crippen LogP contribution is 2.51. The van der Waals surface area contributed by atoms with E-state index in [4.69, 9.17) is 0 Å². The highest BCUT2D eigenvalue weighted by molar-refractivity contribution is 7.26. The fourth-order valence-corrected chi connectivity index (χ4v) is 10.2. The molecule has 0 fully saturated rings. The Kier molecular flexibility index (Phi) is 6.03. The second-order valence-electron chi connectivity index (χ2n) is 13.3. The maximum Gasteiger partial charge on any atom is 0.0468 e. The predicted molar refractivity (Wildman–Crippen MR) is 210 cm³/mol. The molecule has 7 aromatic carbocycles. The summed E-state index contributed by atoms with van der Waals surface area (Å²) in [4.78, 5) is 2.44. The molecule has 0 aliphatic heterocycles. The van der Waals surface area contributed by atoms with Crippen LogP contribution in [0.2, 0.25) is 0 Å². The summed E-state index contributed by atoms with van der Waals surface area (Å²) < 4.78 is 5.32. The number of nitrogens with zero attached hydrogens (tertiary/aromatic N) is 1. The van der Waals surface area contributed by atoms with Gasteiger partial charge in [-0.05, 0) is 88.0 Å². The van der Waals surface area contributed by atoms with Crippen LogP contribution in [0.5, 0.6) is 0 Å². The Labute approximate surface area is 288 Å². The van der Waals surface area contributed by atoms with Crippen molar-refractivity contribution in [1.82, 2.24) is 0 Å². The van der Waals surface area contributed by atoms with Gasteiger partial charge in [0.05, 0.1) is 0 Å². The van der Waals surface area contributed by atoms with Gasteiger partial charge in [-0.25, -0.2) is 0 Å². The van der Waals surface area contributed by atoms with Crippen LogP contribution in [0.15, 0.2) is 152 Å². The van der Waals surface area contributed by atoms with Gasteiger partial charge in [0.15, 0.2) is 0 Å². The van der Waals surface area contributed by atoms with Gasteiger partial charge in [0.25, 0.3) is 0 Å². The van der Waals surface area contributed by atoms with Crippen LogP contribution in [0.1, 0.15) is 25.0 Å². The van der Waals surface area contributed by atoms with Crippen LogP contribution in [0, 0.1) is 0 Å². The van der Waals surface area contributed by atoms with Crippen LogP contribution in [0.3, 0.4) is 0 Å². The van der Waals surface area contributed by atoms with Crippen molar-refractivity contribution in [1.29, 1.82) is 0 Å². The third-order valence-electron chi connectivity index (χ3n) is 10.3. The van der Waals surface area contributed by atoms with E-state index >= 15 is 0 Å². The molecule has 10 rings (SSSR count). The van der Waals surface area contributed by atoms with Gasteiger partial charge >= 0.3 is 0 Å². The van der Waals surface area contributed by atoms with E-state index in [1.807, 2.05) is 22.7 Å². The lowest BCUT2D eigenvalue weighted by Gasteiger charge is -2.28. The fraction of sp³-hybridized carbons (Fsp3) is 0.0667. The normalized spacial score (nSPS) is 13.4. The molecule has 0 radical (unpaired) electrons. The second-order valence-corrected chi connectivity index (χ2v) is 15.5. The summed E-state index contributed by atoms with van der Waals surface area (Å²) in [6.45, 7) is 4.72. The molecular formula is C45H31NS2. The third-order valence-corrected chi connectivity index (χ3v) is 12.7.